The predicted molar refractivity (Wildman–Crippen MR) is 107 cm³/mol. The first-order chi connectivity index (χ1) is 12.6. The Kier molecular flexibility index (Phi) is 5.90. The highest BCUT2D eigenvalue weighted by Gasteiger charge is 2.40. The van der Waals surface area contributed by atoms with Gasteiger partial charge in [-0.05, 0) is 43.4 Å². The van der Waals surface area contributed by atoms with Gasteiger partial charge >= 0.3 is 0 Å². The molecule has 0 amide bonds. The van der Waals surface area contributed by atoms with E-state index >= 15 is 0 Å². The van der Waals surface area contributed by atoms with E-state index in [0.29, 0.717) is 17.5 Å². The van der Waals surface area contributed by atoms with Gasteiger partial charge < -0.3 is 4.90 Å². The lowest BCUT2D eigenvalue weighted by molar-refractivity contribution is -0.00914. The Morgan fingerprint density at radius 2 is 1.88 bits per heavy atom. The Balaban J connectivity index is 1.32. The van der Waals surface area contributed by atoms with Crippen LogP contribution in [0.25, 0.3) is 0 Å². The lowest BCUT2D eigenvalue weighted by Crippen LogP contribution is -2.58. The number of hydrogen-bond acceptors (Lipinski definition) is 5. The fourth-order valence-corrected chi connectivity index (χ4v) is 6.75. The molecular weight excluding hydrogens is 366 g/mol. The van der Waals surface area contributed by atoms with Crippen LogP contribution in [0.15, 0.2) is 35.2 Å². The summed E-state index contributed by atoms with van der Waals surface area (Å²) in [6.07, 6.45) is 2.40. The summed E-state index contributed by atoms with van der Waals surface area (Å²) in [7, 11) is -3.40. The summed E-state index contributed by atoms with van der Waals surface area (Å²) in [5.41, 5.74) is 0. The Labute approximate surface area is 161 Å². The highest BCUT2D eigenvalue weighted by Crippen LogP contribution is 2.36. The summed E-state index contributed by atoms with van der Waals surface area (Å²) < 4.78 is 27.8. The van der Waals surface area contributed by atoms with Crippen LogP contribution in [0.4, 0.5) is 0 Å². The van der Waals surface area contributed by atoms with Crippen LogP contribution in [0.1, 0.15) is 12.8 Å². The predicted octanol–water partition coefficient (Wildman–Crippen LogP) is 1.72. The molecule has 1 unspecified atom stereocenters. The molecule has 5 nitrogen and oxygen atoms in total. The number of fused-ring (bicyclic) bond motifs is 3. The van der Waals surface area contributed by atoms with Crippen LogP contribution in [-0.4, -0.2) is 75.0 Å². The molecule has 4 heterocycles. The highest BCUT2D eigenvalue weighted by atomic mass is 32.2. The van der Waals surface area contributed by atoms with Gasteiger partial charge in [0.25, 0.3) is 0 Å². The average Bonchev–Trinajstić information content (AvgIpc) is 2.69. The van der Waals surface area contributed by atoms with Gasteiger partial charge in [-0.15, -0.1) is 0 Å². The van der Waals surface area contributed by atoms with E-state index in [1.165, 1.54) is 37.6 Å². The molecule has 1 aromatic carbocycles. The number of nitrogens with zero attached hydrogens (tertiary/aromatic N) is 2. The fourth-order valence-electron chi connectivity index (χ4n) is 4.67. The number of piperidine rings is 3. The molecule has 0 aliphatic carbocycles. The van der Waals surface area contributed by atoms with Gasteiger partial charge in [0.2, 0.25) is 10.0 Å². The maximum atomic E-state index is 12.5. The van der Waals surface area contributed by atoms with Crippen molar-refractivity contribution in [1.82, 2.24) is 14.5 Å². The van der Waals surface area contributed by atoms with Crippen molar-refractivity contribution in [2.24, 2.45) is 11.8 Å². The molecule has 4 aliphatic heterocycles. The molecule has 2 bridgehead atoms. The first-order valence-electron chi connectivity index (χ1n) is 9.71. The van der Waals surface area contributed by atoms with Crippen molar-refractivity contribution >= 4 is 21.8 Å². The molecule has 26 heavy (non-hydrogen) atoms. The van der Waals surface area contributed by atoms with Crippen molar-refractivity contribution < 1.29 is 8.42 Å². The minimum Gasteiger partial charge on any atom is -0.301 e. The lowest BCUT2D eigenvalue weighted by Gasteiger charge is -2.51. The summed E-state index contributed by atoms with van der Waals surface area (Å²) in [5.74, 6) is 4.05. The molecule has 4 aliphatic rings. The molecule has 4 saturated heterocycles. The van der Waals surface area contributed by atoms with Crippen molar-refractivity contribution in [1.29, 1.82) is 0 Å². The molecule has 1 N–H and O–H groups in total. The molecule has 7 heteroatoms. The first kappa shape index (κ1) is 18.7. The quantitative estimate of drug-likeness (QED) is 0.795. The summed E-state index contributed by atoms with van der Waals surface area (Å²) in [4.78, 5) is 5.52. The summed E-state index contributed by atoms with van der Waals surface area (Å²) in [5, 5.41) is 0. The molecule has 144 valence electrons. The van der Waals surface area contributed by atoms with Crippen LogP contribution in [-0.2, 0) is 10.0 Å². The van der Waals surface area contributed by atoms with E-state index < -0.39 is 10.0 Å². The largest absolute Gasteiger partial charge is 0.301 e. The van der Waals surface area contributed by atoms with Crippen LogP contribution in [0.3, 0.4) is 0 Å². The molecule has 4 fully saturated rings. The van der Waals surface area contributed by atoms with Crippen LogP contribution in [0.2, 0.25) is 0 Å². The standard InChI is InChI=1S/C19H29N3O2S2/c23-26(24,19-4-2-1-3-5-19)20-13-18-12-16-6-7-22(18)15-17(16)14-21-8-10-25-11-9-21/h1-5,16-18,20H,6-15H2/t16-,17+,18+/m1/s1. The summed E-state index contributed by atoms with van der Waals surface area (Å²) in [6, 6.07) is 9.03. The van der Waals surface area contributed by atoms with Gasteiger partial charge in [0, 0.05) is 50.3 Å². The third-order valence-corrected chi connectivity index (χ3v) is 8.55. The second-order valence-electron chi connectivity index (χ2n) is 7.77. The molecule has 1 aromatic rings. The SMILES string of the molecule is O=S(=O)(NC[C@@H]1C[C@H]2CCN1C[C@@H]2CN1CCSCC1)c1ccccc1. The van der Waals surface area contributed by atoms with Crippen molar-refractivity contribution in [3.05, 3.63) is 30.3 Å². The van der Waals surface area contributed by atoms with Crippen molar-refractivity contribution in [3.63, 3.8) is 0 Å². The smallest absolute Gasteiger partial charge is 0.240 e. The van der Waals surface area contributed by atoms with Crippen LogP contribution >= 0.6 is 11.8 Å². The molecule has 0 saturated carbocycles. The van der Waals surface area contributed by atoms with Crippen molar-refractivity contribution in [2.75, 3.05) is 50.8 Å². The molecular formula is C19H29N3O2S2. The first-order valence-corrected chi connectivity index (χ1v) is 12.3. The molecule has 4 atom stereocenters. The monoisotopic (exact) mass is 395 g/mol. The second-order valence-corrected chi connectivity index (χ2v) is 10.8. The second kappa shape index (κ2) is 8.19. The van der Waals surface area contributed by atoms with E-state index in [4.69, 9.17) is 0 Å². The summed E-state index contributed by atoms with van der Waals surface area (Å²) in [6.45, 7) is 6.47. The van der Waals surface area contributed by atoms with E-state index in [0.717, 1.165) is 31.3 Å². The van der Waals surface area contributed by atoms with Gasteiger partial charge in [-0.2, -0.15) is 11.8 Å². The average molecular weight is 396 g/mol. The zero-order chi connectivity index (χ0) is 18.0. The molecule has 5 rings (SSSR count). The van der Waals surface area contributed by atoms with Crippen molar-refractivity contribution in [3.8, 4) is 0 Å². The fraction of sp³-hybridized carbons (Fsp3) is 0.684. The zero-order valence-electron chi connectivity index (χ0n) is 15.2. The Morgan fingerprint density at radius 1 is 1.12 bits per heavy atom. The van der Waals surface area contributed by atoms with Crippen LogP contribution in [0.5, 0.6) is 0 Å². The highest BCUT2D eigenvalue weighted by molar-refractivity contribution is 7.99. The number of sulfonamides is 1. The Hall–Kier alpha value is -0.600. The van der Waals surface area contributed by atoms with Gasteiger partial charge in [0.1, 0.15) is 0 Å². The Bertz CT molecular complexity index is 692. The number of thioether (sulfide) groups is 1. The lowest BCUT2D eigenvalue weighted by atomic mass is 9.75. The maximum Gasteiger partial charge on any atom is 0.240 e. The van der Waals surface area contributed by atoms with E-state index in [9.17, 15) is 8.42 Å². The van der Waals surface area contributed by atoms with Gasteiger partial charge in [-0.3, -0.25) is 4.90 Å². The minimum absolute atomic E-state index is 0.348. The van der Waals surface area contributed by atoms with Gasteiger partial charge in [0.05, 0.1) is 4.90 Å². The van der Waals surface area contributed by atoms with E-state index in [1.54, 1.807) is 24.3 Å². The van der Waals surface area contributed by atoms with E-state index in [2.05, 4.69) is 26.3 Å². The topological polar surface area (TPSA) is 52.7 Å². The van der Waals surface area contributed by atoms with Crippen molar-refractivity contribution in [2.45, 2.75) is 23.8 Å². The minimum atomic E-state index is -3.40. The summed E-state index contributed by atoms with van der Waals surface area (Å²) >= 11 is 2.07. The number of benzene rings is 1. The number of nitrogens with one attached hydrogen (secondary N) is 1. The zero-order valence-corrected chi connectivity index (χ0v) is 16.9. The molecule has 0 spiro atoms. The van der Waals surface area contributed by atoms with E-state index in [1.807, 2.05) is 6.07 Å². The number of hydrogen-bond donors (Lipinski definition) is 1. The third kappa shape index (κ3) is 4.28. The van der Waals surface area contributed by atoms with E-state index in [-0.39, 0.29) is 0 Å². The van der Waals surface area contributed by atoms with Crippen LogP contribution in [0, 0.1) is 11.8 Å². The van der Waals surface area contributed by atoms with Gasteiger partial charge in [-0.25, -0.2) is 13.1 Å². The van der Waals surface area contributed by atoms with Gasteiger partial charge in [0.15, 0.2) is 0 Å². The molecule has 0 radical (unpaired) electrons. The molecule has 0 aromatic heterocycles. The third-order valence-electron chi connectivity index (χ3n) is 6.17. The van der Waals surface area contributed by atoms with Gasteiger partial charge in [-0.1, -0.05) is 18.2 Å². The Morgan fingerprint density at radius 3 is 2.58 bits per heavy atom. The normalized spacial score (nSPS) is 32.6. The number of rotatable bonds is 6. The van der Waals surface area contributed by atoms with Crippen LogP contribution < -0.4 is 4.72 Å². The maximum absolute atomic E-state index is 12.5.